The van der Waals surface area contributed by atoms with Gasteiger partial charge in [0.1, 0.15) is 11.3 Å². The molecular weight excluding hydrogens is 345 g/mol. The topological polar surface area (TPSA) is 44.1 Å². The molecule has 0 N–H and O–H groups in total. The van der Waals surface area contributed by atoms with Crippen LogP contribution in [0.5, 0.6) is 5.75 Å². The van der Waals surface area contributed by atoms with Crippen molar-refractivity contribution in [3.05, 3.63) is 57.0 Å². The highest BCUT2D eigenvalue weighted by Crippen LogP contribution is 2.40. The molecule has 1 aliphatic rings. The van der Waals surface area contributed by atoms with E-state index in [1.165, 1.54) is 0 Å². The summed E-state index contributed by atoms with van der Waals surface area (Å²) in [5.74, 6) is 0.780. The minimum atomic E-state index is -4.67. The van der Waals surface area contributed by atoms with Gasteiger partial charge < -0.3 is 4.74 Å². The Morgan fingerprint density at radius 3 is 2.62 bits per heavy atom. The lowest BCUT2D eigenvalue weighted by Crippen LogP contribution is -2.32. The first-order chi connectivity index (χ1) is 12.3. The molecule has 0 bridgehead atoms. The third kappa shape index (κ3) is 4.26. The van der Waals surface area contributed by atoms with E-state index in [-0.39, 0.29) is 12.5 Å². The number of aryl methyl sites for hydroxylation is 3. The normalized spacial score (nSPS) is 14.5. The predicted molar refractivity (Wildman–Crippen MR) is 91.5 cm³/mol. The van der Waals surface area contributed by atoms with Crippen LogP contribution >= 0.6 is 0 Å². The van der Waals surface area contributed by atoms with Crippen molar-refractivity contribution in [2.24, 2.45) is 0 Å². The summed E-state index contributed by atoms with van der Waals surface area (Å²) in [5, 5.41) is 4.13. The fraction of sp³-hybridized carbons (Fsp3) is 0.474. The van der Waals surface area contributed by atoms with E-state index in [1.54, 1.807) is 0 Å². The molecule has 140 valence electrons. The summed E-state index contributed by atoms with van der Waals surface area (Å²) in [6.45, 7) is 4.27. The molecule has 1 aliphatic carbocycles. The number of hydrogen-bond acceptors (Lipinski definition) is 3. The van der Waals surface area contributed by atoms with Gasteiger partial charge in [0.25, 0.3) is 5.56 Å². The zero-order valence-electron chi connectivity index (χ0n) is 14.8. The van der Waals surface area contributed by atoms with Gasteiger partial charge >= 0.3 is 6.18 Å². The van der Waals surface area contributed by atoms with Crippen molar-refractivity contribution in [2.45, 2.75) is 51.7 Å². The predicted octanol–water partition coefficient (Wildman–Crippen LogP) is 4.23. The van der Waals surface area contributed by atoms with Crippen molar-refractivity contribution in [3.8, 4) is 5.75 Å². The summed E-state index contributed by atoms with van der Waals surface area (Å²) in [5.41, 5.74) is 0.183. The standard InChI is InChI=1S/C19H21F3N2O2/c1-12-4-5-13(2)17(10-12)26-9-3-8-24-18(25)15(19(20,21)22)11-16(23-24)14-6-7-14/h4-5,10-11,14H,3,6-9H2,1-2H3. The van der Waals surface area contributed by atoms with Gasteiger partial charge in [0.05, 0.1) is 12.3 Å². The van der Waals surface area contributed by atoms with Gasteiger partial charge in [-0.25, -0.2) is 4.68 Å². The second kappa shape index (κ2) is 7.13. The van der Waals surface area contributed by atoms with Crippen LogP contribution in [0, 0.1) is 13.8 Å². The highest BCUT2D eigenvalue weighted by molar-refractivity contribution is 5.35. The van der Waals surface area contributed by atoms with Crippen LogP contribution in [0.4, 0.5) is 13.2 Å². The second-order valence-electron chi connectivity index (χ2n) is 6.75. The zero-order chi connectivity index (χ0) is 18.9. The van der Waals surface area contributed by atoms with Crippen LogP contribution in [0.1, 0.15) is 47.6 Å². The number of hydrogen-bond donors (Lipinski definition) is 0. The maximum atomic E-state index is 13.1. The molecule has 0 unspecified atom stereocenters. The Morgan fingerprint density at radius 2 is 1.96 bits per heavy atom. The summed E-state index contributed by atoms with van der Waals surface area (Å²) in [7, 11) is 0. The van der Waals surface area contributed by atoms with E-state index in [0.717, 1.165) is 40.5 Å². The van der Waals surface area contributed by atoms with Crippen LogP contribution < -0.4 is 10.3 Å². The van der Waals surface area contributed by atoms with Crippen LogP contribution in [0.15, 0.2) is 29.1 Å². The Kier molecular flexibility index (Phi) is 5.07. The first-order valence-electron chi connectivity index (χ1n) is 8.65. The molecule has 0 spiro atoms. The monoisotopic (exact) mass is 366 g/mol. The van der Waals surface area contributed by atoms with Crippen molar-refractivity contribution in [1.82, 2.24) is 9.78 Å². The molecule has 0 amide bonds. The largest absolute Gasteiger partial charge is 0.493 e. The smallest absolute Gasteiger partial charge is 0.421 e. The molecule has 7 heteroatoms. The number of halogens is 3. The Balaban J connectivity index is 1.70. The van der Waals surface area contributed by atoms with Crippen LogP contribution in [0.2, 0.25) is 0 Å². The van der Waals surface area contributed by atoms with E-state index in [2.05, 4.69) is 5.10 Å². The molecule has 2 aromatic rings. The van der Waals surface area contributed by atoms with Gasteiger partial charge in [-0.1, -0.05) is 12.1 Å². The first-order valence-corrected chi connectivity index (χ1v) is 8.65. The summed E-state index contributed by atoms with van der Waals surface area (Å²) >= 11 is 0. The van der Waals surface area contributed by atoms with Gasteiger partial charge in [0.2, 0.25) is 0 Å². The van der Waals surface area contributed by atoms with Crippen LogP contribution in [0.3, 0.4) is 0 Å². The lowest BCUT2D eigenvalue weighted by Gasteiger charge is -2.13. The van der Waals surface area contributed by atoms with E-state index < -0.39 is 17.3 Å². The van der Waals surface area contributed by atoms with Crippen molar-refractivity contribution in [2.75, 3.05) is 6.61 Å². The van der Waals surface area contributed by atoms with Gasteiger partial charge in [-0.15, -0.1) is 0 Å². The first kappa shape index (κ1) is 18.5. The van der Waals surface area contributed by atoms with Gasteiger partial charge in [0, 0.05) is 18.9 Å². The van der Waals surface area contributed by atoms with E-state index in [1.807, 2.05) is 32.0 Å². The van der Waals surface area contributed by atoms with Gasteiger partial charge in [-0.3, -0.25) is 4.79 Å². The highest BCUT2D eigenvalue weighted by atomic mass is 19.4. The summed E-state index contributed by atoms with van der Waals surface area (Å²) < 4.78 is 46.0. The lowest BCUT2D eigenvalue weighted by molar-refractivity contribution is -0.139. The van der Waals surface area contributed by atoms with E-state index in [9.17, 15) is 18.0 Å². The number of benzene rings is 1. The maximum Gasteiger partial charge on any atom is 0.421 e. The quantitative estimate of drug-likeness (QED) is 0.719. The number of rotatable bonds is 6. The van der Waals surface area contributed by atoms with E-state index in [4.69, 9.17) is 4.74 Å². The number of ether oxygens (including phenoxy) is 1. The molecule has 0 aliphatic heterocycles. The summed E-state index contributed by atoms with van der Waals surface area (Å²) in [6.07, 6.45) is -2.64. The number of nitrogens with zero attached hydrogens (tertiary/aromatic N) is 2. The molecule has 0 saturated heterocycles. The van der Waals surface area contributed by atoms with Crippen LogP contribution in [0.25, 0.3) is 0 Å². The minimum Gasteiger partial charge on any atom is -0.493 e. The van der Waals surface area contributed by atoms with E-state index in [0.29, 0.717) is 18.7 Å². The van der Waals surface area contributed by atoms with E-state index >= 15 is 0 Å². The fourth-order valence-corrected chi connectivity index (χ4v) is 2.75. The SMILES string of the molecule is Cc1ccc(C)c(OCCCn2nc(C3CC3)cc(C(F)(F)F)c2=O)c1. The minimum absolute atomic E-state index is 0.0362. The molecule has 1 fully saturated rings. The molecule has 1 aromatic heterocycles. The van der Waals surface area contributed by atoms with Crippen molar-refractivity contribution in [1.29, 1.82) is 0 Å². The lowest BCUT2D eigenvalue weighted by atomic mass is 10.1. The Labute approximate surface area is 149 Å². The number of aromatic nitrogens is 2. The second-order valence-corrected chi connectivity index (χ2v) is 6.75. The third-order valence-electron chi connectivity index (χ3n) is 4.41. The molecule has 0 atom stereocenters. The molecule has 1 heterocycles. The van der Waals surface area contributed by atoms with Crippen LogP contribution in [-0.4, -0.2) is 16.4 Å². The van der Waals surface area contributed by atoms with Gasteiger partial charge in [-0.05, 0) is 49.9 Å². The molecule has 3 rings (SSSR count). The molecular formula is C19H21F3N2O2. The molecule has 1 saturated carbocycles. The average molecular weight is 366 g/mol. The molecule has 4 nitrogen and oxygen atoms in total. The van der Waals surface area contributed by atoms with Crippen molar-refractivity contribution >= 4 is 0 Å². The summed E-state index contributed by atoms with van der Waals surface area (Å²) in [6, 6.07) is 6.75. The Hall–Kier alpha value is -2.31. The van der Waals surface area contributed by atoms with Crippen molar-refractivity contribution in [3.63, 3.8) is 0 Å². The molecule has 1 aromatic carbocycles. The molecule has 26 heavy (non-hydrogen) atoms. The van der Waals surface area contributed by atoms with Gasteiger partial charge in [0.15, 0.2) is 0 Å². The Morgan fingerprint density at radius 1 is 1.23 bits per heavy atom. The van der Waals surface area contributed by atoms with Gasteiger partial charge in [-0.2, -0.15) is 18.3 Å². The fourth-order valence-electron chi connectivity index (χ4n) is 2.75. The highest BCUT2D eigenvalue weighted by Gasteiger charge is 2.37. The zero-order valence-corrected chi connectivity index (χ0v) is 14.8. The van der Waals surface area contributed by atoms with Crippen LogP contribution in [-0.2, 0) is 12.7 Å². The average Bonchev–Trinajstić information content (AvgIpc) is 3.39. The third-order valence-corrected chi connectivity index (χ3v) is 4.41. The molecule has 0 radical (unpaired) electrons. The Bertz CT molecular complexity index is 855. The maximum absolute atomic E-state index is 13.1. The summed E-state index contributed by atoms with van der Waals surface area (Å²) in [4.78, 5) is 12.1. The van der Waals surface area contributed by atoms with Crippen molar-refractivity contribution < 1.29 is 17.9 Å². The number of alkyl halides is 3.